The largest absolute Gasteiger partial charge is 0.481 e. The van der Waals surface area contributed by atoms with Crippen molar-refractivity contribution in [3.63, 3.8) is 0 Å². The number of hydrogen-bond donors (Lipinski definition) is 1. The Bertz CT molecular complexity index is 769. The summed E-state index contributed by atoms with van der Waals surface area (Å²) in [5.74, 6) is -4.79. The van der Waals surface area contributed by atoms with Crippen molar-refractivity contribution < 1.29 is 23.1 Å². The Labute approximate surface area is 134 Å². The molecule has 2 aromatic rings. The topological polar surface area (TPSA) is 50.2 Å². The second-order valence-corrected chi connectivity index (χ2v) is 6.06. The van der Waals surface area contributed by atoms with Crippen molar-refractivity contribution in [3.05, 3.63) is 53.1 Å². The zero-order valence-corrected chi connectivity index (χ0v) is 12.4. The van der Waals surface area contributed by atoms with E-state index in [2.05, 4.69) is 4.98 Å². The summed E-state index contributed by atoms with van der Waals surface area (Å²) in [6.45, 7) is 0. The van der Waals surface area contributed by atoms with Crippen molar-refractivity contribution in [2.75, 3.05) is 0 Å². The third kappa shape index (κ3) is 2.67. The maximum Gasteiger partial charge on any atom is 0.316 e. The number of hydrogen-bond acceptors (Lipinski definition) is 2. The van der Waals surface area contributed by atoms with Gasteiger partial charge in [-0.1, -0.05) is 23.7 Å². The number of carboxylic acids is 1. The van der Waals surface area contributed by atoms with Crippen LogP contribution in [0.1, 0.15) is 18.5 Å². The Morgan fingerprint density at radius 1 is 1.22 bits per heavy atom. The van der Waals surface area contributed by atoms with E-state index < -0.39 is 36.0 Å². The van der Waals surface area contributed by atoms with Crippen LogP contribution in [-0.2, 0) is 10.2 Å². The van der Waals surface area contributed by atoms with Crippen LogP contribution in [0.4, 0.5) is 13.2 Å². The number of halogens is 4. The van der Waals surface area contributed by atoms with Gasteiger partial charge in [0.1, 0.15) is 11.2 Å². The molecule has 1 heterocycles. The molecule has 0 bridgehead atoms. The highest BCUT2D eigenvalue weighted by Crippen LogP contribution is 2.53. The number of rotatable bonds is 3. The predicted octanol–water partition coefficient (Wildman–Crippen LogP) is 4.29. The second-order valence-electron chi connectivity index (χ2n) is 5.65. The molecular formula is C16H11ClF3NO2. The lowest BCUT2D eigenvalue weighted by molar-refractivity contribution is -0.174. The number of nitrogens with zero attached hydrogens (tertiary/aromatic N) is 1. The summed E-state index contributed by atoms with van der Waals surface area (Å²) >= 11 is 6.07. The number of aromatic nitrogens is 1. The number of alkyl halides is 2. The van der Waals surface area contributed by atoms with E-state index in [0.29, 0.717) is 11.1 Å². The standard InChI is InChI=1S/C16H11ClF3NO2/c17-12-6-21-13(15(14(22)23)7-16(19,20)8-15)5-11(12)9-1-3-10(18)4-2-9/h1-6H,7-8H2,(H,22,23). The minimum absolute atomic E-state index is 0.0275. The van der Waals surface area contributed by atoms with Crippen molar-refractivity contribution in [2.24, 2.45) is 0 Å². The molecule has 0 amide bonds. The minimum Gasteiger partial charge on any atom is -0.481 e. The molecule has 120 valence electrons. The quantitative estimate of drug-likeness (QED) is 0.906. The number of aliphatic carboxylic acids is 1. The second kappa shape index (κ2) is 5.23. The van der Waals surface area contributed by atoms with Crippen molar-refractivity contribution in [3.8, 4) is 11.1 Å². The van der Waals surface area contributed by atoms with E-state index in [9.17, 15) is 23.1 Å². The fourth-order valence-corrected chi connectivity index (χ4v) is 3.04. The molecule has 3 rings (SSSR count). The molecule has 23 heavy (non-hydrogen) atoms. The van der Waals surface area contributed by atoms with E-state index in [4.69, 9.17) is 11.6 Å². The molecule has 1 saturated carbocycles. The molecule has 0 aliphatic heterocycles. The van der Waals surface area contributed by atoms with Crippen molar-refractivity contribution in [2.45, 2.75) is 24.2 Å². The van der Waals surface area contributed by atoms with E-state index >= 15 is 0 Å². The van der Waals surface area contributed by atoms with Crippen LogP contribution in [0.25, 0.3) is 11.1 Å². The average Bonchev–Trinajstić information content (AvgIpc) is 2.45. The maximum absolute atomic E-state index is 13.3. The van der Waals surface area contributed by atoms with E-state index in [0.717, 1.165) is 0 Å². The Hall–Kier alpha value is -2.08. The van der Waals surface area contributed by atoms with Crippen LogP contribution in [0.15, 0.2) is 36.5 Å². The molecule has 3 nitrogen and oxygen atoms in total. The molecule has 0 radical (unpaired) electrons. The number of benzene rings is 1. The Morgan fingerprint density at radius 3 is 2.35 bits per heavy atom. The van der Waals surface area contributed by atoms with Gasteiger partial charge in [0.2, 0.25) is 0 Å². The average molecular weight is 342 g/mol. The lowest BCUT2D eigenvalue weighted by Crippen LogP contribution is -2.54. The first-order valence-corrected chi connectivity index (χ1v) is 7.15. The summed E-state index contributed by atoms with van der Waals surface area (Å²) in [4.78, 5) is 15.5. The molecule has 0 spiro atoms. The van der Waals surface area contributed by atoms with Gasteiger partial charge in [0.25, 0.3) is 5.92 Å². The third-order valence-electron chi connectivity index (χ3n) is 4.03. The van der Waals surface area contributed by atoms with Gasteiger partial charge in [-0.2, -0.15) is 0 Å². The lowest BCUT2D eigenvalue weighted by Gasteiger charge is -2.43. The Morgan fingerprint density at radius 2 is 1.83 bits per heavy atom. The summed E-state index contributed by atoms with van der Waals surface area (Å²) in [5, 5.41) is 9.61. The number of carboxylic acid groups (broad SMARTS) is 1. The summed E-state index contributed by atoms with van der Waals surface area (Å²) in [6.07, 6.45) is -0.365. The molecule has 1 aliphatic carbocycles. The highest BCUT2D eigenvalue weighted by Gasteiger charge is 2.63. The Kier molecular flexibility index (Phi) is 3.59. The molecular weight excluding hydrogens is 331 g/mol. The van der Waals surface area contributed by atoms with Crippen LogP contribution >= 0.6 is 11.6 Å². The first kappa shape index (κ1) is 15.8. The van der Waals surface area contributed by atoms with E-state index in [-0.39, 0.29) is 10.7 Å². The molecule has 1 fully saturated rings. The highest BCUT2D eigenvalue weighted by molar-refractivity contribution is 6.33. The fraction of sp³-hybridized carbons (Fsp3) is 0.250. The normalized spacial score (nSPS) is 18.3. The maximum atomic E-state index is 13.3. The van der Waals surface area contributed by atoms with E-state index in [1.165, 1.54) is 36.5 Å². The molecule has 1 N–H and O–H groups in total. The molecule has 1 aromatic heterocycles. The van der Waals surface area contributed by atoms with Gasteiger partial charge in [0, 0.05) is 24.6 Å². The van der Waals surface area contributed by atoms with Gasteiger partial charge in [0.15, 0.2) is 0 Å². The fourth-order valence-electron chi connectivity index (χ4n) is 2.82. The molecule has 1 aromatic carbocycles. The van der Waals surface area contributed by atoms with Crippen LogP contribution < -0.4 is 0 Å². The monoisotopic (exact) mass is 341 g/mol. The highest BCUT2D eigenvalue weighted by atomic mass is 35.5. The van der Waals surface area contributed by atoms with Crippen molar-refractivity contribution in [1.82, 2.24) is 4.98 Å². The first-order valence-electron chi connectivity index (χ1n) is 6.77. The summed E-state index contributed by atoms with van der Waals surface area (Å²) in [7, 11) is 0. The molecule has 0 saturated heterocycles. The number of carbonyl (C=O) groups is 1. The number of pyridine rings is 1. The van der Waals surface area contributed by atoms with Crippen molar-refractivity contribution >= 4 is 17.6 Å². The third-order valence-corrected chi connectivity index (χ3v) is 4.33. The first-order chi connectivity index (χ1) is 10.7. The zero-order valence-electron chi connectivity index (χ0n) is 11.7. The minimum atomic E-state index is -3.02. The smallest absolute Gasteiger partial charge is 0.316 e. The van der Waals surface area contributed by atoms with Gasteiger partial charge in [-0.05, 0) is 23.8 Å². The van der Waals surface area contributed by atoms with Crippen LogP contribution in [0, 0.1) is 5.82 Å². The molecule has 1 aliphatic rings. The van der Waals surface area contributed by atoms with Gasteiger partial charge in [-0.25, -0.2) is 13.2 Å². The van der Waals surface area contributed by atoms with E-state index in [1.54, 1.807) is 0 Å². The molecule has 0 atom stereocenters. The van der Waals surface area contributed by atoms with Crippen LogP contribution in [0.2, 0.25) is 5.02 Å². The van der Waals surface area contributed by atoms with Gasteiger partial charge < -0.3 is 5.11 Å². The lowest BCUT2D eigenvalue weighted by atomic mass is 9.63. The van der Waals surface area contributed by atoms with Crippen LogP contribution in [0.3, 0.4) is 0 Å². The summed E-state index contributed by atoms with van der Waals surface area (Å²) < 4.78 is 39.6. The van der Waals surface area contributed by atoms with E-state index in [1.807, 2.05) is 0 Å². The zero-order chi connectivity index (χ0) is 16.8. The van der Waals surface area contributed by atoms with Crippen LogP contribution in [-0.4, -0.2) is 22.0 Å². The Balaban J connectivity index is 2.07. The SMILES string of the molecule is O=C(O)C1(c2cc(-c3ccc(F)cc3)c(Cl)cn2)CC(F)(F)C1. The van der Waals surface area contributed by atoms with Crippen molar-refractivity contribution in [1.29, 1.82) is 0 Å². The van der Waals surface area contributed by atoms with Gasteiger partial charge >= 0.3 is 5.97 Å². The van der Waals surface area contributed by atoms with Crippen LogP contribution in [0.5, 0.6) is 0 Å². The van der Waals surface area contributed by atoms with Gasteiger partial charge in [-0.15, -0.1) is 0 Å². The predicted molar refractivity (Wildman–Crippen MR) is 78.1 cm³/mol. The van der Waals surface area contributed by atoms with Gasteiger partial charge in [-0.3, -0.25) is 9.78 Å². The summed E-state index contributed by atoms with van der Waals surface area (Å²) in [6, 6.07) is 6.80. The van der Waals surface area contributed by atoms with Gasteiger partial charge in [0.05, 0.1) is 10.7 Å². The summed E-state index contributed by atoms with van der Waals surface area (Å²) in [5.41, 5.74) is -0.720. The molecule has 7 heteroatoms. The molecule has 0 unspecified atom stereocenters.